The molecule has 5 nitrogen and oxygen atoms in total. The Bertz CT molecular complexity index is 412. The number of halogens is 1. The average molecular weight is 242 g/mol. The van der Waals surface area contributed by atoms with Gasteiger partial charge >= 0.3 is 0 Å². The molecule has 2 atom stereocenters. The first kappa shape index (κ1) is 13.5. The molecule has 1 aromatic carbocycles. The van der Waals surface area contributed by atoms with E-state index in [1.165, 1.54) is 6.07 Å². The number of nitrogens with two attached hydrogens (primary N) is 1. The molecule has 0 aliphatic rings. The van der Waals surface area contributed by atoms with Crippen LogP contribution in [0.4, 0.5) is 10.1 Å². The van der Waals surface area contributed by atoms with Crippen molar-refractivity contribution in [3.63, 3.8) is 0 Å². The molecular weight excluding hydrogens is 227 g/mol. The highest BCUT2D eigenvalue weighted by Gasteiger charge is 2.24. The molecule has 3 N–H and O–H groups in total. The number of nitrogens with zero attached hydrogens (tertiary/aromatic N) is 1. The van der Waals surface area contributed by atoms with Gasteiger partial charge in [0.1, 0.15) is 5.82 Å². The van der Waals surface area contributed by atoms with E-state index in [2.05, 4.69) is 0 Å². The van der Waals surface area contributed by atoms with E-state index >= 15 is 0 Å². The van der Waals surface area contributed by atoms with Crippen LogP contribution < -0.4 is 5.73 Å². The predicted molar refractivity (Wildman–Crippen MR) is 60.9 cm³/mol. The zero-order valence-corrected chi connectivity index (χ0v) is 9.47. The van der Waals surface area contributed by atoms with E-state index in [4.69, 9.17) is 5.73 Å². The SMILES string of the molecule is CCC[C@@H](O)[C@@H](N)c1ccc(F)cc1[N+](=O)[O-]. The Morgan fingerprint density at radius 1 is 1.59 bits per heavy atom. The molecule has 0 radical (unpaired) electrons. The maximum absolute atomic E-state index is 12.9. The van der Waals surface area contributed by atoms with Gasteiger partial charge in [0.2, 0.25) is 0 Å². The summed E-state index contributed by atoms with van der Waals surface area (Å²) in [4.78, 5) is 10.1. The van der Waals surface area contributed by atoms with Gasteiger partial charge in [-0.3, -0.25) is 10.1 Å². The Kier molecular flexibility index (Phi) is 4.53. The quantitative estimate of drug-likeness (QED) is 0.609. The fourth-order valence-electron chi connectivity index (χ4n) is 1.64. The highest BCUT2D eigenvalue weighted by Crippen LogP contribution is 2.27. The number of hydrogen-bond acceptors (Lipinski definition) is 4. The van der Waals surface area contributed by atoms with Gasteiger partial charge in [0.05, 0.1) is 23.1 Å². The van der Waals surface area contributed by atoms with Gasteiger partial charge in [0.15, 0.2) is 0 Å². The van der Waals surface area contributed by atoms with Crippen molar-refractivity contribution in [3.8, 4) is 0 Å². The summed E-state index contributed by atoms with van der Waals surface area (Å²) >= 11 is 0. The topological polar surface area (TPSA) is 89.4 Å². The maximum atomic E-state index is 12.9. The summed E-state index contributed by atoms with van der Waals surface area (Å²) in [7, 11) is 0. The fraction of sp³-hybridized carbons (Fsp3) is 0.455. The van der Waals surface area contributed by atoms with Crippen molar-refractivity contribution in [3.05, 3.63) is 39.7 Å². The van der Waals surface area contributed by atoms with Crippen LogP contribution in [0.2, 0.25) is 0 Å². The third-order valence-corrected chi connectivity index (χ3v) is 2.55. The highest BCUT2D eigenvalue weighted by molar-refractivity contribution is 5.42. The van der Waals surface area contributed by atoms with Crippen LogP contribution >= 0.6 is 0 Å². The average Bonchev–Trinajstić information content (AvgIpc) is 2.28. The molecule has 94 valence electrons. The third kappa shape index (κ3) is 3.21. The Morgan fingerprint density at radius 2 is 2.24 bits per heavy atom. The van der Waals surface area contributed by atoms with Gasteiger partial charge in [-0.15, -0.1) is 0 Å². The van der Waals surface area contributed by atoms with Gasteiger partial charge in [-0.1, -0.05) is 13.3 Å². The van der Waals surface area contributed by atoms with Gasteiger partial charge in [-0.05, 0) is 18.6 Å². The molecule has 0 saturated carbocycles. The lowest BCUT2D eigenvalue weighted by atomic mass is 9.97. The second-order valence-corrected chi connectivity index (χ2v) is 3.84. The van der Waals surface area contributed by atoms with E-state index < -0.39 is 28.6 Å². The lowest BCUT2D eigenvalue weighted by Crippen LogP contribution is -2.26. The summed E-state index contributed by atoms with van der Waals surface area (Å²) < 4.78 is 12.9. The molecule has 0 aliphatic heterocycles. The standard InChI is InChI=1S/C11H15FN2O3/c1-2-3-10(15)11(13)8-5-4-7(12)6-9(8)14(16)17/h4-6,10-11,15H,2-3,13H2,1H3/t10-,11+/m1/s1. The second kappa shape index (κ2) is 5.70. The van der Waals surface area contributed by atoms with Gasteiger partial charge in [0.25, 0.3) is 5.69 Å². The summed E-state index contributed by atoms with van der Waals surface area (Å²) in [6.07, 6.45) is 0.281. The number of rotatable bonds is 5. The lowest BCUT2D eigenvalue weighted by Gasteiger charge is -2.18. The number of nitro benzene ring substituents is 1. The van der Waals surface area contributed by atoms with Gasteiger partial charge in [-0.2, -0.15) is 0 Å². The van der Waals surface area contributed by atoms with Crippen molar-refractivity contribution in [2.24, 2.45) is 5.73 Å². The van der Waals surface area contributed by atoms with E-state index in [0.717, 1.165) is 12.1 Å². The zero-order valence-electron chi connectivity index (χ0n) is 9.47. The predicted octanol–water partition coefficient (Wildman–Crippen LogP) is 1.89. The smallest absolute Gasteiger partial charge is 0.277 e. The lowest BCUT2D eigenvalue weighted by molar-refractivity contribution is -0.386. The van der Waals surface area contributed by atoms with Crippen LogP contribution in [0.3, 0.4) is 0 Å². The molecule has 0 amide bonds. The molecule has 0 bridgehead atoms. The molecule has 0 aromatic heterocycles. The number of nitro groups is 1. The van der Waals surface area contributed by atoms with Crippen molar-refractivity contribution >= 4 is 5.69 Å². The molecule has 0 saturated heterocycles. The number of hydrogen-bond donors (Lipinski definition) is 2. The van der Waals surface area contributed by atoms with Gasteiger partial charge in [-0.25, -0.2) is 4.39 Å². The molecule has 0 spiro atoms. The van der Waals surface area contributed by atoms with Gasteiger partial charge < -0.3 is 10.8 Å². The highest BCUT2D eigenvalue weighted by atomic mass is 19.1. The van der Waals surface area contributed by atoms with Crippen LogP contribution in [0.5, 0.6) is 0 Å². The van der Waals surface area contributed by atoms with Crippen LogP contribution in [0.25, 0.3) is 0 Å². The Hall–Kier alpha value is -1.53. The summed E-state index contributed by atoms with van der Waals surface area (Å²) in [6, 6.07) is 2.28. The first-order valence-electron chi connectivity index (χ1n) is 5.34. The minimum atomic E-state index is -0.879. The second-order valence-electron chi connectivity index (χ2n) is 3.84. The number of aliphatic hydroxyl groups excluding tert-OH is 1. The first-order chi connectivity index (χ1) is 7.97. The normalized spacial score (nSPS) is 14.4. The monoisotopic (exact) mass is 242 g/mol. The Balaban J connectivity index is 3.08. The minimum absolute atomic E-state index is 0.150. The van der Waals surface area contributed by atoms with E-state index in [-0.39, 0.29) is 5.56 Å². The molecule has 6 heteroatoms. The van der Waals surface area contributed by atoms with Crippen molar-refractivity contribution in [2.75, 3.05) is 0 Å². The van der Waals surface area contributed by atoms with Crippen LogP contribution in [0, 0.1) is 15.9 Å². The molecule has 0 aliphatic carbocycles. The van der Waals surface area contributed by atoms with Gasteiger partial charge in [0, 0.05) is 5.56 Å². The molecule has 0 heterocycles. The van der Waals surface area contributed by atoms with Crippen molar-refractivity contribution < 1.29 is 14.4 Å². The van der Waals surface area contributed by atoms with E-state index in [0.29, 0.717) is 12.8 Å². The maximum Gasteiger partial charge on any atom is 0.277 e. The Labute approximate surface area is 98.2 Å². The van der Waals surface area contributed by atoms with Crippen molar-refractivity contribution in [1.82, 2.24) is 0 Å². The van der Waals surface area contributed by atoms with Crippen LogP contribution in [-0.4, -0.2) is 16.1 Å². The van der Waals surface area contributed by atoms with Crippen LogP contribution in [0.1, 0.15) is 31.4 Å². The van der Waals surface area contributed by atoms with Crippen LogP contribution in [-0.2, 0) is 0 Å². The minimum Gasteiger partial charge on any atom is -0.391 e. The van der Waals surface area contributed by atoms with E-state index in [1.54, 1.807) is 0 Å². The number of aliphatic hydroxyl groups is 1. The summed E-state index contributed by atoms with van der Waals surface area (Å²) in [5.74, 6) is -0.697. The number of benzene rings is 1. The van der Waals surface area contributed by atoms with Crippen molar-refractivity contribution in [1.29, 1.82) is 0 Å². The summed E-state index contributed by atoms with van der Waals surface area (Å²) in [5, 5.41) is 20.5. The molecule has 17 heavy (non-hydrogen) atoms. The summed E-state index contributed by atoms with van der Waals surface area (Å²) in [6.45, 7) is 1.87. The van der Waals surface area contributed by atoms with Crippen molar-refractivity contribution in [2.45, 2.75) is 31.9 Å². The Morgan fingerprint density at radius 3 is 2.76 bits per heavy atom. The molecular formula is C11H15FN2O3. The molecule has 0 unspecified atom stereocenters. The van der Waals surface area contributed by atoms with E-state index in [1.807, 2.05) is 6.92 Å². The first-order valence-corrected chi connectivity index (χ1v) is 5.34. The zero-order chi connectivity index (χ0) is 13.0. The molecule has 1 aromatic rings. The molecule has 0 fully saturated rings. The fourth-order valence-corrected chi connectivity index (χ4v) is 1.64. The summed E-state index contributed by atoms with van der Waals surface area (Å²) in [5.41, 5.74) is 5.49. The van der Waals surface area contributed by atoms with Crippen LogP contribution in [0.15, 0.2) is 18.2 Å². The molecule has 1 rings (SSSR count). The third-order valence-electron chi connectivity index (χ3n) is 2.55. The van der Waals surface area contributed by atoms with E-state index in [9.17, 15) is 19.6 Å². The largest absolute Gasteiger partial charge is 0.391 e.